The summed E-state index contributed by atoms with van der Waals surface area (Å²) in [5, 5.41) is 2.77. The average molecular weight is 226 g/mol. The van der Waals surface area contributed by atoms with Gasteiger partial charge in [0.2, 0.25) is 0 Å². The van der Waals surface area contributed by atoms with Crippen molar-refractivity contribution in [2.75, 3.05) is 6.54 Å². The Hall–Kier alpha value is -1.02. The van der Waals surface area contributed by atoms with E-state index in [0.29, 0.717) is 18.0 Å². The van der Waals surface area contributed by atoms with Gasteiger partial charge in [0, 0.05) is 18.0 Å². The minimum absolute atomic E-state index is 0.0356. The van der Waals surface area contributed by atoms with Gasteiger partial charge in [-0.15, -0.1) is 11.6 Å². The summed E-state index contributed by atoms with van der Waals surface area (Å²) in [5.41, 5.74) is 2.94. The highest BCUT2D eigenvalue weighted by Crippen LogP contribution is 2.15. The smallest absolute Gasteiger partial charge is 0.251 e. The molecule has 82 valence electrons. The Morgan fingerprint density at radius 3 is 2.60 bits per heavy atom. The van der Waals surface area contributed by atoms with E-state index in [9.17, 15) is 4.79 Å². The van der Waals surface area contributed by atoms with Gasteiger partial charge in [-0.1, -0.05) is 13.0 Å². The highest BCUT2D eigenvalue weighted by atomic mass is 35.5. The Bertz CT molecular complexity index is 349. The lowest BCUT2D eigenvalue weighted by Crippen LogP contribution is -2.22. The Morgan fingerprint density at radius 2 is 2.07 bits per heavy atom. The second kappa shape index (κ2) is 5.76. The van der Waals surface area contributed by atoms with E-state index >= 15 is 0 Å². The lowest BCUT2D eigenvalue weighted by molar-refractivity contribution is 0.0955. The molecule has 0 heterocycles. The third-order valence-electron chi connectivity index (χ3n) is 2.33. The van der Waals surface area contributed by atoms with Crippen molar-refractivity contribution in [3.05, 3.63) is 34.9 Å². The number of aryl methyl sites for hydroxylation is 1. The molecule has 0 aromatic heterocycles. The zero-order valence-electron chi connectivity index (χ0n) is 9.14. The van der Waals surface area contributed by atoms with Crippen LogP contribution in [0.4, 0.5) is 0 Å². The lowest BCUT2D eigenvalue weighted by atomic mass is 10.0. The molecular weight excluding hydrogens is 210 g/mol. The van der Waals surface area contributed by atoms with Gasteiger partial charge in [0.25, 0.3) is 5.91 Å². The maximum atomic E-state index is 11.6. The molecular formula is C12H16ClNO. The fourth-order valence-electron chi connectivity index (χ4n) is 1.50. The van der Waals surface area contributed by atoms with E-state index in [1.54, 1.807) is 0 Å². The van der Waals surface area contributed by atoms with E-state index < -0.39 is 0 Å². The van der Waals surface area contributed by atoms with Crippen LogP contribution in [0.1, 0.15) is 35.3 Å². The summed E-state index contributed by atoms with van der Waals surface area (Å²) < 4.78 is 0. The Labute approximate surface area is 95.6 Å². The number of nitrogens with one attached hydrogen (secondary N) is 1. The molecule has 0 aliphatic heterocycles. The lowest BCUT2D eigenvalue weighted by Gasteiger charge is -2.08. The van der Waals surface area contributed by atoms with Crippen LogP contribution in [0.3, 0.4) is 0 Å². The van der Waals surface area contributed by atoms with E-state index in [0.717, 1.165) is 12.0 Å². The summed E-state index contributed by atoms with van der Waals surface area (Å²) in [4.78, 5) is 11.6. The van der Waals surface area contributed by atoms with E-state index in [4.69, 9.17) is 11.6 Å². The Morgan fingerprint density at radius 1 is 1.33 bits per heavy atom. The monoisotopic (exact) mass is 225 g/mol. The van der Waals surface area contributed by atoms with Crippen molar-refractivity contribution in [3.63, 3.8) is 0 Å². The highest BCUT2D eigenvalue weighted by Gasteiger charge is 2.07. The van der Waals surface area contributed by atoms with Crippen molar-refractivity contribution in [1.29, 1.82) is 0 Å². The summed E-state index contributed by atoms with van der Waals surface area (Å²) in [6, 6.07) is 5.69. The number of benzene rings is 1. The molecule has 0 aliphatic carbocycles. The number of halogens is 1. The van der Waals surface area contributed by atoms with Crippen molar-refractivity contribution < 1.29 is 4.79 Å². The van der Waals surface area contributed by atoms with Gasteiger partial charge < -0.3 is 5.32 Å². The molecule has 0 spiro atoms. The van der Waals surface area contributed by atoms with Gasteiger partial charge in [-0.25, -0.2) is 0 Å². The third kappa shape index (κ3) is 2.96. The van der Waals surface area contributed by atoms with Crippen LogP contribution in [0.5, 0.6) is 0 Å². The van der Waals surface area contributed by atoms with Crippen LogP contribution >= 0.6 is 11.6 Å². The number of hydrogen-bond donors (Lipinski definition) is 1. The average Bonchev–Trinajstić information content (AvgIpc) is 2.28. The molecule has 1 amide bonds. The summed E-state index contributed by atoms with van der Waals surface area (Å²) in [5.74, 6) is 0.419. The summed E-state index contributed by atoms with van der Waals surface area (Å²) >= 11 is 5.83. The molecule has 0 atom stereocenters. The maximum absolute atomic E-state index is 11.6. The molecule has 1 aromatic rings. The summed E-state index contributed by atoms with van der Waals surface area (Å²) in [7, 11) is 0. The van der Waals surface area contributed by atoms with Crippen LogP contribution in [0, 0.1) is 0 Å². The van der Waals surface area contributed by atoms with Gasteiger partial charge in [0.05, 0.1) is 0 Å². The topological polar surface area (TPSA) is 29.1 Å². The number of hydrogen-bond acceptors (Lipinski definition) is 1. The van der Waals surface area contributed by atoms with Crippen molar-refractivity contribution in [2.45, 2.75) is 26.1 Å². The van der Waals surface area contributed by atoms with Crippen LogP contribution in [-0.4, -0.2) is 12.5 Å². The van der Waals surface area contributed by atoms with Gasteiger partial charge >= 0.3 is 0 Å². The second-order valence-electron chi connectivity index (χ2n) is 3.33. The molecule has 1 rings (SSSR count). The molecule has 0 radical (unpaired) electrons. The molecule has 1 aromatic carbocycles. The van der Waals surface area contributed by atoms with Gasteiger partial charge in [-0.3, -0.25) is 4.79 Å². The van der Waals surface area contributed by atoms with Gasteiger partial charge in [0.15, 0.2) is 0 Å². The van der Waals surface area contributed by atoms with E-state index in [1.165, 1.54) is 5.56 Å². The van der Waals surface area contributed by atoms with E-state index in [-0.39, 0.29) is 5.91 Å². The summed E-state index contributed by atoms with van der Waals surface area (Å²) in [6.07, 6.45) is 0.942. The van der Waals surface area contributed by atoms with Crippen molar-refractivity contribution in [3.8, 4) is 0 Å². The predicted octanol–water partition coefficient (Wildman–Crippen LogP) is 2.74. The van der Waals surface area contributed by atoms with Crippen molar-refractivity contribution in [1.82, 2.24) is 5.32 Å². The van der Waals surface area contributed by atoms with Crippen LogP contribution in [0.15, 0.2) is 18.2 Å². The zero-order chi connectivity index (χ0) is 11.3. The standard InChI is InChI=1S/C12H16ClNO/c1-3-9-5-6-10(7-11(9)8-13)12(15)14-4-2/h5-7H,3-4,8H2,1-2H3,(H,14,15). The van der Waals surface area contributed by atoms with Crippen LogP contribution < -0.4 is 5.32 Å². The zero-order valence-corrected chi connectivity index (χ0v) is 9.90. The molecule has 0 aliphatic rings. The minimum Gasteiger partial charge on any atom is -0.352 e. The number of carbonyl (C=O) groups excluding carboxylic acids is 1. The first-order chi connectivity index (χ1) is 7.22. The molecule has 0 fully saturated rings. The molecule has 3 heteroatoms. The molecule has 0 saturated carbocycles. The summed E-state index contributed by atoms with van der Waals surface area (Å²) in [6.45, 7) is 4.63. The number of carbonyl (C=O) groups is 1. The second-order valence-corrected chi connectivity index (χ2v) is 3.60. The molecule has 0 unspecified atom stereocenters. The molecule has 2 nitrogen and oxygen atoms in total. The minimum atomic E-state index is -0.0356. The molecule has 1 N–H and O–H groups in total. The Balaban J connectivity index is 2.97. The largest absolute Gasteiger partial charge is 0.352 e. The van der Waals surface area contributed by atoms with E-state index in [2.05, 4.69) is 12.2 Å². The van der Waals surface area contributed by atoms with Crippen molar-refractivity contribution in [2.24, 2.45) is 0 Å². The Kier molecular flexibility index (Phi) is 4.63. The first kappa shape index (κ1) is 12.1. The quantitative estimate of drug-likeness (QED) is 0.785. The first-order valence-corrected chi connectivity index (χ1v) is 5.72. The van der Waals surface area contributed by atoms with Gasteiger partial charge in [0.1, 0.15) is 0 Å². The van der Waals surface area contributed by atoms with Crippen LogP contribution in [0.25, 0.3) is 0 Å². The molecule has 15 heavy (non-hydrogen) atoms. The van der Waals surface area contributed by atoms with Crippen LogP contribution in [-0.2, 0) is 12.3 Å². The van der Waals surface area contributed by atoms with Gasteiger partial charge in [-0.2, -0.15) is 0 Å². The number of rotatable bonds is 4. The predicted molar refractivity (Wildman–Crippen MR) is 63.4 cm³/mol. The number of amides is 1. The normalized spacial score (nSPS) is 10.1. The maximum Gasteiger partial charge on any atom is 0.251 e. The molecule has 0 saturated heterocycles. The van der Waals surface area contributed by atoms with E-state index in [1.807, 2.05) is 25.1 Å². The number of alkyl halides is 1. The fraction of sp³-hybridized carbons (Fsp3) is 0.417. The highest BCUT2D eigenvalue weighted by molar-refractivity contribution is 6.17. The first-order valence-electron chi connectivity index (χ1n) is 5.18. The molecule has 0 bridgehead atoms. The van der Waals surface area contributed by atoms with Crippen LogP contribution in [0.2, 0.25) is 0 Å². The van der Waals surface area contributed by atoms with Gasteiger partial charge in [-0.05, 0) is 36.6 Å². The third-order valence-corrected chi connectivity index (χ3v) is 2.62. The SMILES string of the molecule is CCNC(=O)c1ccc(CC)c(CCl)c1. The fourth-order valence-corrected chi connectivity index (χ4v) is 1.75. The van der Waals surface area contributed by atoms with Crippen molar-refractivity contribution >= 4 is 17.5 Å².